The Morgan fingerprint density at radius 3 is 2.29 bits per heavy atom. The number of anilines is 1. The lowest BCUT2D eigenvalue weighted by Crippen LogP contribution is -2.41. The molecule has 3 rings (SSSR count). The van der Waals surface area contributed by atoms with E-state index in [2.05, 4.69) is 5.32 Å². The van der Waals surface area contributed by atoms with E-state index >= 15 is 0 Å². The van der Waals surface area contributed by atoms with Crippen molar-refractivity contribution in [1.29, 1.82) is 0 Å². The Labute approximate surface area is 208 Å². The second-order valence-electron chi connectivity index (χ2n) is 10.3. The minimum Gasteiger partial charge on any atom is -0.497 e. The smallest absolute Gasteiger partial charge is 0.245 e. The predicted octanol–water partition coefficient (Wildman–Crippen LogP) is 5.41. The number of carbonyl (C=O) groups excluding carboxylic acids is 2. The van der Waals surface area contributed by atoms with E-state index in [0.29, 0.717) is 18.8 Å². The highest BCUT2D eigenvalue weighted by Gasteiger charge is 2.24. The Morgan fingerprint density at radius 1 is 1.06 bits per heavy atom. The molecule has 0 spiro atoms. The predicted molar refractivity (Wildman–Crippen MR) is 140 cm³/mol. The van der Waals surface area contributed by atoms with Crippen LogP contribution in [-0.4, -0.2) is 46.7 Å². The van der Waals surface area contributed by atoms with Crippen molar-refractivity contribution in [3.8, 4) is 22.7 Å². The van der Waals surface area contributed by atoms with E-state index in [1.54, 1.807) is 16.7 Å². The number of amides is 2. The maximum absolute atomic E-state index is 13.1. The molecule has 3 aromatic rings. The molecule has 0 unspecified atom stereocenters. The van der Waals surface area contributed by atoms with Crippen molar-refractivity contribution in [1.82, 2.24) is 14.7 Å². The van der Waals surface area contributed by atoms with Crippen LogP contribution in [0, 0.1) is 11.3 Å². The van der Waals surface area contributed by atoms with Crippen molar-refractivity contribution in [3.63, 3.8) is 0 Å². The van der Waals surface area contributed by atoms with Crippen molar-refractivity contribution in [2.24, 2.45) is 11.3 Å². The van der Waals surface area contributed by atoms with E-state index in [1.165, 1.54) is 0 Å². The Morgan fingerprint density at radius 2 is 1.71 bits per heavy atom. The molecule has 0 atom stereocenters. The van der Waals surface area contributed by atoms with Gasteiger partial charge in [0.05, 0.1) is 25.0 Å². The average Bonchev–Trinajstić information content (AvgIpc) is 3.21. The molecule has 1 N–H and O–H groups in total. The molecule has 0 radical (unpaired) electrons. The molecule has 0 aliphatic rings. The molecule has 7 nitrogen and oxygen atoms in total. The molecular formula is C28H36N4O3. The van der Waals surface area contributed by atoms with Crippen LogP contribution in [0.15, 0.2) is 60.7 Å². The largest absolute Gasteiger partial charge is 0.497 e. The molecule has 0 saturated heterocycles. The van der Waals surface area contributed by atoms with Gasteiger partial charge in [0, 0.05) is 24.6 Å². The number of aromatic nitrogens is 2. The molecule has 0 saturated carbocycles. The summed E-state index contributed by atoms with van der Waals surface area (Å²) < 4.78 is 6.97. The Bertz CT molecular complexity index is 1130. The number of hydrogen-bond acceptors (Lipinski definition) is 4. The number of hydrogen-bond donors (Lipinski definition) is 1. The first-order valence-corrected chi connectivity index (χ1v) is 11.9. The molecule has 0 aliphatic carbocycles. The zero-order valence-corrected chi connectivity index (χ0v) is 21.5. The first kappa shape index (κ1) is 26.0. The molecule has 2 aromatic carbocycles. The van der Waals surface area contributed by atoms with Gasteiger partial charge in [0.1, 0.15) is 11.6 Å². The van der Waals surface area contributed by atoms with Crippen LogP contribution in [-0.2, 0) is 9.59 Å². The number of rotatable bonds is 9. The van der Waals surface area contributed by atoms with Gasteiger partial charge in [-0.1, -0.05) is 65.0 Å². The fraction of sp³-hybridized carbons (Fsp3) is 0.393. The van der Waals surface area contributed by atoms with Gasteiger partial charge in [0.25, 0.3) is 0 Å². The first-order chi connectivity index (χ1) is 16.6. The summed E-state index contributed by atoms with van der Waals surface area (Å²) in [6.45, 7) is 10.7. The maximum Gasteiger partial charge on any atom is 0.245 e. The van der Waals surface area contributed by atoms with Gasteiger partial charge in [-0.2, -0.15) is 5.10 Å². The third-order valence-corrected chi connectivity index (χ3v) is 5.32. The maximum atomic E-state index is 13.1. The van der Waals surface area contributed by atoms with Gasteiger partial charge in [-0.15, -0.1) is 0 Å². The van der Waals surface area contributed by atoms with E-state index in [-0.39, 0.29) is 29.7 Å². The van der Waals surface area contributed by atoms with Crippen LogP contribution in [0.2, 0.25) is 0 Å². The molecule has 1 heterocycles. The minimum atomic E-state index is -0.262. The van der Waals surface area contributed by atoms with E-state index in [1.807, 2.05) is 95.3 Å². The van der Waals surface area contributed by atoms with Crippen molar-refractivity contribution in [3.05, 3.63) is 60.7 Å². The van der Waals surface area contributed by atoms with Crippen LogP contribution in [0.5, 0.6) is 5.75 Å². The second-order valence-corrected chi connectivity index (χ2v) is 10.3. The second kappa shape index (κ2) is 11.2. The fourth-order valence-corrected chi connectivity index (χ4v) is 3.76. The highest BCUT2D eigenvalue weighted by atomic mass is 16.5. The van der Waals surface area contributed by atoms with Crippen LogP contribution < -0.4 is 10.1 Å². The number of nitrogens with one attached hydrogen (secondary N) is 1. The van der Waals surface area contributed by atoms with Crippen LogP contribution in [0.3, 0.4) is 0 Å². The summed E-state index contributed by atoms with van der Waals surface area (Å²) in [6.07, 6.45) is 0.384. The number of carbonyl (C=O) groups is 2. The summed E-state index contributed by atoms with van der Waals surface area (Å²) in [5, 5.41) is 7.74. The van der Waals surface area contributed by atoms with Crippen molar-refractivity contribution >= 4 is 17.6 Å². The van der Waals surface area contributed by atoms with Crippen LogP contribution >= 0.6 is 0 Å². The quantitative estimate of drug-likeness (QED) is 0.448. The number of ether oxygens (including phenoxy) is 1. The summed E-state index contributed by atoms with van der Waals surface area (Å²) >= 11 is 0. The average molecular weight is 477 g/mol. The van der Waals surface area contributed by atoms with Gasteiger partial charge in [0.2, 0.25) is 11.8 Å². The molecule has 1 aromatic heterocycles. The van der Waals surface area contributed by atoms with Crippen LogP contribution in [0.4, 0.5) is 5.82 Å². The van der Waals surface area contributed by atoms with Gasteiger partial charge < -0.3 is 15.0 Å². The molecule has 35 heavy (non-hydrogen) atoms. The standard InChI is InChI=1S/C28H36N4O3/c1-20(2)18-31(27(34)17-28(3,4)5)19-26(33)29-25-16-24(21-10-8-7-9-11-21)30-32(25)22-12-14-23(35-6)15-13-22/h7-16,20H,17-19H2,1-6H3,(H,29,33). The Hall–Kier alpha value is -3.61. The zero-order valence-electron chi connectivity index (χ0n) is 21.5. The topological polar surface area (TPSA) is 76.5 Å². The summed E-state index contributed by atoms with van der Waals surface area (Å²) in [7, 11) is 1.62. The lowest BCUT2D eigenvalue weighted by molar-refractivity contribution is -0.136. The van der Waals surface area contributed by atoms with Crippen molar-refractivity contribution in [2.75, 3.05) is 25.5 Å². The molecule has 2 amide bonds. The molecule has 0 aliphatic heterocycles. The summed E-state index contributed by atoms with van der Waals surface area (Å²) in [6, 6.07) is 19.1. The summed E-state index contributed by atoms with van der Waals surface area (Å²) in [5.74, 6) is 1.24. The highest BCUT2D eigenvalue weighted by molar-refractivity contribution is 5.94. The van der Waals surface area contributed by atoms with Gasteiger partial charge in [-0.25, -0.2) is 4.68 Å². The van der Waals surface area contributed by atoms with Crippen molar-refractivity contribution in [2.45, 2.75) is 41.0 Å². The number of nitrogens with zero attached hydrogens (tertiary/aromatic N) is 3. The van der Waals surface area contributed by atoms with E-state index in [4.69, 9.17) is 9.84 Å². The molecular weight excluding hydrogens is 440 g/mol. The monoisotopic (exact) mass is 476 g/mol. The van der Waals surface area contributed by atoms with E-state index in [0.717, 1.165) is 22.7 Å². The van der Waals surface area contributed by atoms with Crippen molar-refractivity contribution < 1.29 is 14.3 Å². The molecule has 0 fully saturated rings. The van der Waals surface area contributed by atoms with E-state index in [9.17, 15) is 9.59 Å². The van der Waals surface area contributed by atoms with Gasteiger partial charge >= 0.3 is 0 Å². The van der Waals surface area contributed by atoms with Gasteiger partial charge in [0.15, 0.2) is 0 Å². The summed E-state index contributed by atoms with van der Waals surface area (Å²) in [4.78, 5) is 27.7. The highest BCUT2D eigenvalue weighted by Crippen LogP contribution is 2.26. The van der Waals surface area contributed by atoms with Crippen LogP contribution in [0.25, 0.3) is 16.9 Å². The first-order valence-electron chi connectivity index (χ1n) is 11.9. The SMILES string of the molecule is COc1ccc(-n2nc(-c3ccccc3)cc2NC(=O)CN(CC(C)C)C(=O)CC(C)(C)C)cc1. The number of methoxy groups -OCH3 is 1. The van der Waals surface area contributed by atoms with E-state index < -0.39 is 0 Å². The summed E-state index contributed by atoms with van der Waals surface area (Å²) in [5.41, 5.74) is 2.31. The van der Waals surface area contributed by atoms with Gasteiger partial charge in [-0.05, 0) is 35.6 Å². The molecule has 7 heteroatoms. The zero-order chi connectivity index (χ0) is 25.6. The molecule has 0 bridgehead atoms. The van der Waals surface area contributed by atoms with Crippen LogP contribution in [0.1, 0.15) is 41.0 Å². The lowest BCUT2D eigenvalue weighted by Gasteiger charge is -2.27. The number of benzene rings is 2. The molecule has 186 valence electrons. The Balaban J connectivity index is 1.88. The van der Waals surface area contributed by atoms with Gasteiger partial charge in [-0.3, -0.25) is 9.59 Å². The minimum absolute atomic E-state index is 0.0123. The lowest BCUT2D eigenvalue weighted by atomic mass is 9.91. The third-order valence-electron chi connectivity index (χ3n) is 5.32. The fourth-order valence-electron chi connectivity index (χ4n) is 3.76. The Kier molecular flexibility index (Phi) is 8.33. The normalized spacial score (nSPS) is 11.4. The third kappa shape index (κ3) is 7.44.